The normalized spacial score (nSPS) is 16.0. The van der Waals surface area contributed by atoms with Gasteiger partial charge in [-0.1, -0.05) is 68.4 Å². The van der Waals surface area contributed by atoms with Crippen molar-refractivity contribution in [3.63, 3.8) is 0 Å². The summed E-state index contributed by atoms with van der Waals surface area (Å²) in [5.74, 6) is 0.501. The smallest absolute Gasteiger partial charge is 0.263 e. The van der Waals surface area contributed by atoms with E-state index in [0.29, 0.717) is 24.5 Å². The lowest BCUT2D eigenvalue weighted by atomic mass is 10.0. The van der Waals surface area contributed by atoms with Crippen LogP contribution in [0.15, 0.2) is 88.8 Å². The number of rotatable bonds is 8. The van der Waals surface area contributed by atoms with Crippen LogP contribution < -0.4 is 14.8 Å². The zero-order chi connectivity index (χ0) is 24.1. The number of amidine groups is 1. The van der Waals surface area contributed by atoms with Gasteiger partial charge in [-0.25, -0.2) is 8.42 Å². The number of carbonyl (C=O) groups is 1. The summed E-state index contributed by atoms with van der Waals surface area (Å²) in [4.78, 5) is 17.7. The maximum absolute atomic E-state index is 13.0. The molecule has 0 bridgehead atoms. The SMILES string of the molecule is CC(C)[C@H](N=C1NS(=O)(=O)c2ccccc21)C(=O)NCc1cccc(OCc2ccccc2)c1. The number of carbonyl (C=O) groups excluding carboxylic acids is 1. The standard InChI is InChI=1S/C26H27N3O4S/c1-18(2)24(28-25-22-13-6-7-14-23(22)34(31,32)29-25)26(30)27-16-20-11-8-12-21(15-20)33-17-19-9-4-3-5-10-19/h3-15,18,24H,16-17H2,1-2H3,(H,27,30)(H,28,29)/t24-/m0/s1. The summed E-state index contributed by atoms with van der Waals surface area (Å²) in [6.07, 6.45) is 0. The van der Waals surface area contributed by atoms with Crippen molar-refractivity contribution in [2.45, 2.75) is 37.9 Å². The van der Waals surface area contributed by atoms with Gasteiger partial charge < -0.3 is 10.1 Å². The maximum Gasteiger partial charge on any atom is 0.263 e. The topological polar surface area (TPSA) is 96.9 Å². The summed E-state index contributed by atoms with van der Waals surface area (Å²) < 4.78 is 33.1. The zero-order valence-electron chi connectivity index (χ0n) is 19.1. The summed E-state index contributed by atoms with van der Waals surface area (Å²) in [6.45, 7) is 4.52. The zero-order valence-corrected chi connectivity index (χ0v) is 19.9. The monoisotopic (exact) mass is 477 g/mol. The van der Waals surface area contributed by atoms with Gasteiger partial charge in [-0.05, 0) is 41.3 Å². The van der Waals surface area contributed by atoms with Crippen LogP contribution in [0.2, 0.25) is 0 Å². The quantitative estimate of drug-likeness (QED) is 0.518. The molecule has 34 heavy (non-hydrogen) atoms. The van der Waals surface area contributed by atoms with Gasteiger partial charge in [0.2, 0.25) is 5.91 Å². The third-order valence-electron chi connectivity index (χ3n) is 5.44. The molecular weight excluding hydrogens is 450 g/mol. The van der Waals surface area contributed by atoms with Gasteiger partial charge in [0.1, 0.15) is 24.2 Å². The van der Waals surface area contributed by atoms with Gasteiger partial charge in [-0.2, -0.15) is 0 Å². The Labute approximate surface area is 199 Å². The minimum atomic E-state index is -3.66. The molecule has 1 heterocycles. The average molecular weight is 478 g/mol. The van der Waals surface area contributed by atoms with E-state index in [2.05, 4.69) is 15.0 Å². The Morgan fingerprint density at radius 1 is 0.971 bits per heavy atom. The van der Waals surface area contributed by atoms with Gasteiger partial charge in [0.15, 0.2) is 0 Å². The molecule has 8 heteroatoms. The van der Waals surface area contributed by atoms with Gasteiger partial charge in [0, 0.05) is 12.1 Å². The minimum Gasteiger partial charge on any atom is -0.489 e. The first-order valence-electron chi connectivity index (χ1n) is 11.1. The van der Waals surface area contributed by atoms with Crippen LogP contribution in [-0.2, 0) is 28.0 Å². The van der Waals surface area contributed by atoms with Crippen molar-refractivity contribution < 1.29 is 17.9 Å². The van der Waals surface area contributed by atoms with E-state index in [1.54, 1.807) is 18.2 Å². The molecule has 1 amide bonds. The molecular formula is C26H27N3O4S. The van der Waals surface area contributed by atoms with Gasteiger partial charge >= 0.3 is 0 Å². The molecule has 0 aliphatic carbocycles. The summed E-state index contributed by atoms with van der Waals surface area (Å²) in [7, 11) is -3.66. The highest BCUT2D eigenvalue weighted by atomic mass is 32.2. The molecule has 7 nitrogen and oxygen atoms in total. The van der Waals surface area contributed by atoms with E-state index in [1.165, 1.54) is 6.07 Å². The van der Waals surface area contributed by atoms with Crippen molar-refractivity contribution in [1.82, 2.24) is 10.0 Å². The van der Waals surface area contributed by atoms with Crippen LogP contribution in [0, 0.1) is 5.92 Å². The first-order chi connectivity index (χ1) is 16.3. The van der Waals surface area contributed by atoms with Crippen molar-refractivity contribution in [2.24, 2.45) is 10.9 Å². The molecule has 3 aromatic carbocycles. The molecule has 0 unspecified atom stereocenters. The largest absolute Gasteiger partial charge is 0.489 e. The third kappa shape index (κ3) is 5.46. The van der Waals surface area contributed by atoms with Gasteiger partial charge in [0.25, 0.3) is 10.0 Å². The summed E-state index contributed by atoms with van der Waals surface area (Å²) in [5, 5.41) is 2.92. The van der Waals surface area contributed by atoms with Crippen LogP contribution in [0.25, 0.3) is 0 Å². The molecule has 176 valence electrons. The number of fused-ring (bicyclic) bond motifs is 1. The second-order valence-corrected chi connectivity index (χ2v) is 10.1. The van der Waals surface area contributed by atoms with E-state index in [1.807, 2.05) is 68.4 Å². The van der Waals surface area contributed by atoms with Crippen molar-refractivity contribution in [2.75, 3.05) is 0 Å². The van der Waals surface area contributed by atoms with Crippen molar-refractivity contribution in [1.29, 1.82) is 0 Å². The van der Waals surface area contributed by atoms with Crippen LogP contribution in [-0.4, -0.2) is 26.2 Å². The first kappa shape index (κ1) is 23.5. The highest BCUT2D eigenvalue weighted by Gasteiger charge is 2.32. The molecule has 0 fully saturated rings. The van der Waals surface area contributed by atoms with Crippen molar-refractivity contribution >= 4 is 21.8 Å². The van der Waals surface area contributed by atoms with Crippen LogP contribution in [0.4, 0.5) is 0 Å². The van der Waals surface area contributed by atoms with Crippen molar-refractivity contribution in [3.05, 3.63) is 95.6 Å². The Hall–Kier alpha value is -3.65. The van der Waals surface area contributed by atoms with Gasteiger partial charge in [-0.3, -0.25) is 14.5 Å². The van der Waals surface area contributed by atoms with Gasteiger partial charge in [0.05, 0.1) is 4.90 Å². The van der Waals surface area contributed by atoms with E-state index >= 15 is 0 Å². The average Bonchev–Trinajstić information content (AvgIpc) is 3.10. The summed E-state index contributed by atoms with van der Waals surface area (Å²) >= 11 is 0. The lowest BCUT2D eigenvalue weighted by Gasteiger charge is -2.17. The molecule has 0 spiro atoms. The highest BCUT2D eigenvalue weighted by Crippen LogP contribution is 2.23. The lowest BCUT2D eigenvalue weighted by Crippen LogP contribution is -2.38. The fourth-order valence-electron chi connectivity index (χ4n) is 3.66. The van der Waals surface area contributed by atoms with Gasteiger partial charge in [-0.15, -0.1) is 0 Å². The van der Waals surface area contributed by atoms with Crippen LogP contribution in [0.5, 0.6) is 5.75 Å². The number of ether oxygens (including phenoxy) is 1. The first-order valence-corrected chi connectivity index (χ1v) is 12.6. The predicted molar refractivity (Wildman–Crippen MR) is 131 cm³/mol. The number of hydrogen-bond donors (Lipinski definition) is 2. The molecule has 0 saturated carbocycles. The Balaban J connectivity index is 1.43. The maximum atomic E-state index is 13.0. The van der Waals surface area contributed by atoms with E-state index < -0.39 is 16.1 Å². The fraction of sp³-hybridized carbons (Fsp3) is 0.231. The Morgan fingerprint density at radius 2 is 1.68 bits per heavy atom. The highest BCUT2D eigenvalue weighted by molar-refractivity contribution is 7.90. The minimum absolute atomic E-state index is 0.134. The lowest BCUT2D eigenvalue weighted by molar-refractivity contribution is -0.123. The Kier molecular flexibility index (Phi) is 6.98. The molecule has 0 aromatic heterocycles. The summed E-state index contributed by atoms with van der Waals surface area (Å²) in [5.41, 5.74) is 2.44. The summed E-state index contributed by atoms with van der Waals surface area (Å²) in [6, 6.07) is 23.3. The number of hydrogen-bond acceptors (Lipinski definition) is 5. The van der Waals surface area contributed by atoms with E-state index in [4.69, 9.17) is 4.74 Å². The van der Waals surface area contributed by atoms with Crippen LogP contribution >= 0.6 is 0 Å². The van der Waals surface area contributed by atoms with E-state index in [0.717, 1.165) is 11.1 Å². The molecule has 4 rings (SSSR count). The number of amides is 1. The number of sulfonamides is 1. The van der Waals surface area contributed by atoms with Crippen LogP contribution in [0.3, 0.4) is 0 Å². The predicted octanol–water partition coefficient (Wildman–Crippen LogP) is 3.65. The van der Waals surface area contributed by atoms with E-state index in [-0.39, 0.29) is 22.6 Å². The fourth-order valence-corrected chi connectivity index (χ4v) is 4.90. The number of nitrogens with one attached hydrogen (secondary N) is 2. The Morgan fingerprint density at radius 3 is 2.44 bits per heavy atom. The molecule has 0 radical (unpaired) electrons. The molecule has 0 saturated heterocycles. The molecule has 2 N–H and O–H groups in total. The molecule has 3 aromatic rings. The number of aliphatic imine (C=N–C) groups is 1. The number of nitrogens with zero attached hydrogens (tertiary/aromatic N) is 1. The second-order valence-electron chi connectivity index (χ2n) is 8.41. The molecule has 1 aliphatic rings. The van der Waals surface area contributed by atoms with Crippen LogP contribution in [0.1, 0.15) is 30.5 Å². The van der Waals surface area contributed by atoms with E-state index in [9.17, 15) is 13.2 Å². The molecule has 1 aliphatic heterocycles. The Bertz CT molecular complexity index is 1300. The number of benzene rings is 3. The third-order valence-corrected chi connectivity index (χ3v) is 6.84. The van der Waals surface area contributed by atoms with Crippen molar-refractivity contribution in [3.8, 4) is 5.75 Å². The second kappa shape index (κ2) is 10.1. The molecule has 1 atom stereocenters.